The van der Waals surface area contributed by atoms with Crippen LogP contribution in [0.25, 0.3) is 0 Å². The van der Waals surface area contributed by atoms with Crippen LogP contribution in [0.15, 0.2) is 18.2 Å². The topological polar surface area (TPSA) is 54.0 Å². The van der Waals surface area contributed by atoms with Crippen LogP contribution in [-0.2, 0) is 11.3 Å². The lowest BCUT2D eigenvalue weighted by Gasteiger charge is -2.24. The van der Waals surface area contributed by atoms with Gasteiger partial charge in [-0.05, 0) is 39.3 Å². The largest absolute Gasteiger partial charge is 0.496 e. The van der Waals surface area contributed by atoms with Crippen molar-refractivity contribution in [3.63, 3.8) is 0 Å². The van der Waals surface area contributed by atoms with Crippen LogP contribution in [0.3, 0.4) is 0 Å². The van der Waals surface area contributed by atoms with E-state index in [9.17, 15) is 4.79 Å². The Hall–Kier alpha value is -1.95. The lowest BCUT2D eigenvalue weighted by Crippen LogP contribution is -2.40. The van der Waals surface area contributed by atoms with Gasteiger partial charge in [0.2, 0.25) is 0 Å². The van der Waals surface area contributed by atoms with Gasteiger partial charge >= 0.3 is 6.09 Å². The lowest BCUT2D eigenvalue weighted by atomic mass is 10.1. The number of benzene rings is 1. The first-order valence-corrected chi connectivity index (χ1v) is 8.74. The fourth-order valence-corrected chi connectivity index (χ4v) is 3.12. The zero-order valence-corrected chi connectivity index (χ0v) is 16.3. The first-order chi connectivity index (χ1) is 11.7. The van der Waals surface area contributed by atoms with Crippen LogP contribution in [-0.4, -0.2) is 56.9 Å². The van der Waals surface area contributed by atoms with Gasteiger partial charge in [-0.2, -0.15) is 0 Å². The summed E-state index contributed by atoms with van der Waals surface area (Å²) in [5.41, 5.74) is 1.86. The number of hydrogen-bond acceptors (Lipinski definition) is 5. The number of carbonyl (C=O) groups excluding carboxylic acids is 1. The number of anilines is 1. The molecule has 1 heterocycles. The molecule has 1 N–H and O–H groups in total. The molecule has 0 saturated carbocycles. The van der Waals surface area contributed by atoms with E-state index in [1.54, 1.807) is 7.11 Å². The standard InChI is InChI=1S/C19H31N3O3/c1-19(2,3)25-18(23)20-14-10-11-22(12-14)13-15-16(21(4)5)8-7-9-17(15)24-6/h7-9,14H,10-13H2,1-6H3,(H,20,23)/t14-/m0/s1. The summed E-state index contributed by atoms with van der Waals surface area (Å²) in [4.78, 5) is 16.4. The number of rotatable bonds is 5. The fraction of sp³-hybridized carbons (Fsp3) is 0.632. The first kappa shape index (κ1) is 19.4. The molecule has 1 aliphatic rings. The first-order valence-electron chi connectivity index (χ1n) is 8.74. The Kier molecular flexibility index (Phi) is 6.16. The molecule has 140 valence electrons. The molecule has 2 rings (SSSR count). The SMILES string of the molecule is COc1cccc(N(C)C)c1CN1CC[C@H](NC(=O)OC(C)(C)C)C1. The summed E-state index contributed by atoms with van der Waals surface area (Å²) in [6, 6.07) is 6.22. The molecule has 0 radical (unpaired) electrons. The minimum absolute atomic E-state index is 0.118. The van der Waals surface area contributed by atoms with Crippen LogP contribution in [0.4, 0.5) is 10.5 Å². The van der Waals surface area contributed by atoms with Crippen molar-refractivity contribution in [1.82, 2.24) is 10.2 Å². The van der Waals surface area contributed by atoms with Crippen molar-refractivity contribution < 1.29 is 14.3 Å². The van der Waals surface area contributed by atoms with E-state index in [2.05, 4.69) is 21.2 Å². The van der Waals surface area contributed by atoms with Gasteiger partial charge in [-0.3, -0.25) is 4.90 Å². The van der Waals surface area contributed by atoms with E-state index in [1.807, 2.05) is 47.0 Å². The monoisotopic (exact) mass is 349 g/mol. The molecule has 1 aromatic rings. The van der Waals surface area contributed by atoms with Crippen LogP contribution in [0.1, 0.15) is 32.8 Å². The average molecular weight is 349 g/mol. The van der Waals surface area contributed by atoms with Gasteiger partial charge in [0.15, 0.2) is 0 Å². The average Bonchev–Trinajstić information content (AvgIpc) is 2.92. The van der Waals surface area contributed by atoms with Gasteiger partial charge in [0.25, 0.3) is 0 Å². The molecular weight excluding hydrogens is 318 g/mol. The number of hydrogen-bond donors (Lipinski definition) is 1. The Morgan fingerprint density at radius 2 is 2.08 bits per heavy atom. The van der Waals surface area contributed by atoms with Gasteiger partial charge in [0, 0.05) is 51.0 Å². The maximum Gasteiger partial charge on any atom is 0.407 e. The molecule has 1 saturated heterocycles. The van der Waals surface area contributed by atoms with E-state index in [1.165, 1.54) is 5.56 Å². The van der Waals surface area contributed by atoms with Gasteiger partial charge in [0.1, 0.15) is 11.4 Å². The highest BCUT2D eigenvalue weighted by Crippen LogP contribution is 2.30. The highest BCUT2D eigenvalue weighted by molar-refractivity contribution is 5.68. The number of carbonyl (C=O) groups is 1. The Morgan fingerprint density at radius 3 is 2.68 bits per heavy atom. The molecule has 0 unspecified atom stereocenters. The van der Waals surface area contributed by atoms with Gasteiger partial charge in [0.05, 0.1) is 7.11 Å². The van der Waals surface area contributed by atoms with Crippen LogP contribution >= 0.6 is 0 Å². The smallest absolute Gasteiger partial charge is 0.407 e. The molecule has 1 atom stereocenters. The van der Waals surface area contributed by atoms with Crippen LogP contribution in [0.5, 0.6) is 5.75 Å². The van der Waals surface area contributed by atoms with Crippen molar-refractivity contribution in [1.29, 1.82) is 0 Å². The highest BCUT2D eigenvalue weighted by Gasteiger charge is 2.27. The molecule has 0 aromatic heterocycles. The van der Waals surface area contributed by atoms with Gasteiger partial charge in [-0.15, -0.1) is 0 Å². The molecule has 0 bridgehead atoms. The van der Waals surface area contributed by atoms with Crippen molar-refractivity contribution in [3.8, 4) is 5.75 Å². The van der Waals surface area contributed by atoms with Gasteiger partial charge in [-0.1, -0.05) is 6.07 Å². The van der Waals surface area contributed by atoms with E-state index in [4.69, 9.17) is 9.47 Å². The van der Waals surface area contributed by atoms with Crippen molar-refractivity contribution in [2.75, 3.05) is 39.2 Å². The third kappa shape index (κ3) is 5.53. The molecule has 1 aliphatic heterocycles. The third-order valence-corrected chi connectivity index (χ3v) is 4.18. The summed E-state index contributed by atoms with van der Waals surface area (Å²) in [5.74, 6) is 0.898. The number of likely N-dealkylation sites (tertiary alicyclic amines) is 1. The minimum Gasteiger partial charge on any atom is -0.496 e. The predicted molar refractivity (Wildman–Crippen MR) is 100 cm³/mol. The Labute approximate surface area is 151 Å². The number of methoxy groups -OCH3 is 1. The number of alkyl carbamates (subject to hydrolysis) is 1. The normalized spacial score (nSPS) is 18.1. The Balaban J connectivity index is 1.99. The molecule has 0 spiro atoms. The lowest BCUT2D eigenvalue weighted by molar-refractivity contribution is 0.0505. The molecular formula is C19H31N3O3. The summed E-state index contributed by atoms with van der Waals surface area (Å²) >= 11 is 0. The third-order valence-electron chi connectivity index (χ3n) is 4.18. The van der Waals surface area contributed by atoms with Crippen LogP contribution < -0.4 is 15.0 Å². The van der Waals surface area contributed by atoms with Crippen molar-refractivity contribution in [2.24, 2.45) is 0 Å². The predicted octanol–water partition coefficient (Wildman–Crippen LogP) is 2.86. The zero-order valence-electron chi connectivity index (χ0n) is 16.3. The van der Waals surface area contributed by atoms with Crippen molar-refractivity contribution in [2.45, 2.75) is 45.4 Å². The van der Waals surface area contributed by atoms with Gasteiger partial charge in [-0.25, -0.2) is 4.79 Å². The zero-order chi connectivity index (χ0) is 18.6. The minimum atomic E-state index is -0.472. The summed E-state index contributed by atoms with van der Waals surface area (Å²) in [7, 11) is 5.78. The number of nitrogens with one attached hydrogen (secondary N) is 1. The van der Waals surface area contributed by atoms with E-state index in [0.717, 1.165) is 37.5 Å². The number of ether oxygens (including phenoxy) is 2. The quantitative estimate of drug-likeness (QED) is 0.886. The summed E-state index contributed by atoms with van der Waals surface area (Å²) < 4.78 is 10.9. The summed E-state index contributed by atoms with van der Waals surface area (Å²) in [6.45, 7) is 8.16. The van der Waals surface area contributed by atoms with Crippen molar-refractivity contribution in [3.05, 3.63) is 23.8 Å². The fourth-order valence-electron chi connectivity index (χ4n) is 3.12. The van der Waals surface area contributed by atoms with E-state index >= 15 is 0 Å². The maximum atomic E-state index is 11.9. The summed E-state index contributed by atoms with van der Waals surface area (Å²) in [6.07, 6.45) is 0.580. The molecule has 6 nitrogen and oxygen atoms in total. The van der Waals surface area contributed by atoms with Crippen LogP contribution in [0, 0.1) is 0 Å². The molecule has 25 heavy (non-hydrogen) atoms. The van der Waals surface area contributed by atoms with Gasteiger partial charge < -0.3 is 19.7 Å². The van der Waals surface area contributed by atoms with E-state index in [0.29, 0.717) is 0 Å². The number of amides is 1. The Bertz CT molecular complexity index is 596. The highest BCUT2D eigenvalue weighted by atomic mass is 16.6. The molecule has 1 amide bonds. The summed E-state index contributed by atoms with van der Waals surface area (Å²) in [5, 5.41) is 2.97. The molecule has 1 aromatic carbocycles. The second-order valence-corrected chi connectivity index (χ2v) is 7.72. The van der Waals surface area contributed by atoms with E-state index in [-0.39, 0.29) is 12.1 Å². The van der Waals surface area contributed by atoms with Crippen molar-refractivity contribution >= 4 is 11.8 Å². The molecule has 0 aliphatic carbocycles. The second kappa shape index (κ2) is 7.95. The Morgan fingerprint density at radius 1 is 1.36 bits per heavy atom. The molecule has 6 heteroatoms. The maximum absolute atomic E-state index is 11.9. The van der Waals surface area contributed by atoms with E-state index < -0.39 is 5.60 Å². The number of nitrogens with zero attached hydrogens (tertiary/aromatic N) is 2. The van der Waals surface area contributed by atoms with Crippen LogP contribution in [0.2, 0.25) is 0 Å². The second-order valence-electron chi connectivity index (χ2n) is 7.72. The molecule has 1 fully saturated rings.